The third-order valence-electron chi connectivity index (χ3n) is 19.7. The standard InChI is InChI=1S/C32H45Cl2N3O9S.C24H33Cl2N3O5S.C24H31Cl2NO5S.C4H6O6/c1-3-4-5-29(38)30(39)31(40)32(41)35-10-12-44-14-16-46-17-15-45-13-11-36-47(42,43)24-8-6-22(7-9-24)26-20-37(2)21-27-25(26)18-23(33)19-28(27)34;1-29-16-22(21-14-19(25)15-24(26)23(21)17-29)18-2-4-20(5-3-18)35(30,31)28-7-9-33-11-13-34-12-10-32-8-6-27;1-27-16-22(21-14-19(25)15-24(26)23(21)17-27)18-4-6-20(7-5-18)33(28,29)13-3-8-31-11-12-32-10-9-30-2;5-1(3(7)8)2(6)4(9)10/h6-9,18-19,26,30-31,36,39-40H,3-5,10-17,20-21H2,1-2H3,(H,35,41);2-5,14-15,22,28H,6-13,16-17,27H2,1H3;4-7,14-15,22H,3,8-13,16-17H2,1-2H3;1-2,5-6H,(H,7,8)(H,9,10)/t26-,30-,31+;2*22-;1-,2-/m0001/s1. The highest BCUT2D eigenvalue weighted by Crippen LogP contribution is 2.42. The molecule has 0 aromatic heterocycles. The number of methoxy groups -OCH3 is 1. The van der Waals surface area contributed by atoms with Gasteiger partial charge >= 0.3 is 11.9 Å². The number of carboxylic acids is 2. The average Bonchev–Trinajstić information content (AvgIpc) is 0.784. The molecular weight excluding hydrogens is 1820 g/mol. The Morgan fingerprint density at radius 2 is 0.752 bits per heavy atom. The van der Waals surface area contributed by atoms with Crippen LogP contribution in [-0.4, -0.2) is 311 Å². The van der Waals surface area contributed by atoms with Crippen LogP contribution < -0.4 is 20.5 Å². The molecule has 3 aliphatic rings. The highest BCUT2D eigenvalue weighted by atomic mass is 35.5. The summed E-state index contributed by atoms with van der Waals surface area (Å²) in [7, 11) is -3.02. The molecule has 11 N–H and O–H groups in total. The molecule has 41 heteroatoms. The fraction of sp³-hybridized carbons (Fsp3) is 0.524. The molecule has 0 saturated heterocycles. The van der Waals surface area contributed by atoms with E-state index in [-0.39, 0.29) is 106 Å². The van der Waals surface area contributed by atoms with Gasteiger partial charge in [-0.25, -0.2) is 44.3 Å². The lowest BCUT2D eigenvalue weighted by molar-refractivity contribution is -0.165. The smallest absolute Gasteiger partial charge is 0.335 e. The monoisotopic (exact) mass is 1930 g/mol. The first-order valence-corrected chi connectivity index (χ1v) is 47.2. The molecule has 7 atom stereocenters. The molecule has 0 radical (unpaired) electrons. The first-order valence-electron chi connectivity index (χ1n) is 40.3. The number of Topliss-reactive ketones (excluding diaryl/α,β-unsaturated/α-hetero) is 1. The van der Waals surface area contributed by atoms with Crippen LogP contribution in [0.1, 0.15) is 100 Å². The van der Waals surface area contributed by atoms with Gasteiger partial charge in [0, 0.05) is 133 Å². The Kier molecular flexibility index (Phi) is 48.4. The number of amides is 1. The summed E-state index contributed by atoms with van der Waals surface area (Å²) in [5.74, 6) is -4.77. The van der Waals surface area contributed by atoms with Crippen molar-refractivity contribution < 1.29 is 118 Å². The zero-order valence-electron chi connectivity index (χ0n) is 70.4. The maximum atomic E-state index is 12.8. The van der Waals surface area contributed by atoms with Gasteiger partial charge in [0.05, 0.1) is 126 Å². The number of nitrogens with zero attached hydrogens (tertiary/aromatic N) is 3. The van der Waals surface area contributed by atoms with Gasteiger partial charge in [0.1, 0.15) is 6.10 Å². The summed E-state index contributed by atoms with van der Waals surface area (Å²) in [6.45, 7) is 13.5. The number of aliphatic hydroxyl groups excluding tert-OH is 4. The first kappa shape index (κ1) is 108. The number of rotatable bonds is 50. The van der Waals surface area contributed by atoms with E-state index < -0.39 is 77.9 Å². The Morgan fingerprint density at radius 3 is 1.09 bits per heavy atom. The highest BCUT2D eigenvalue weighted by molar-refractivity contribution is 7.91. The lowest BCUT2D eigenvalue weighted by atomic mass is 9.85. The van der Waals surface area contributed by atoms with E-state index in [0.29, 0.717) is 120 Å². The number of aliphatic carboxylic acids is 2. The molecule has 6 aromatic carbocycles. The van der Waals surface area contributed by atoms with Crippen LogP contribution in [0.5, 0.6) is 0 Å². The predicted molar refractivity (Wildman–Crippen MR) is 475 cm³/mol. The largest absolute Gasteiger partial charge is 0.479 e. The summed E-state index contributed by atoms with van der Waals surface area (Å²) in [5.41, 5.74) is 14.7. The van der Waals surface area contributed by atoms with Crippen LogP contribution in [0, 0.1) is 0 Å². The van der Waals surface area contributed by atoms with Crippen molar-refractivity contribution in [1.29, 1.82) is 0 Å². The second-order valence-corrected chi connectivity index (χ2v) is 37.5. The van der Waals surface area contributed by atoms with E-state index in [9.17, 15) is 54.6 Å². The quantitative estimate of drug-likeness (QED) is 0.0164. The fourth-order valence-corrected chi connectivity index (χ4v) is 18.3. The van der Waals surface area contributed by atoms with Crippen LogP contribution in [0.15, 0.2) is 124 Å². The van der Waals surface area contributed by atoms with Gasteiger partial charge in [0.25, 0.3) is 5.91 Å². The number of nitrogens with two attached hydrogens (primary N) is 1. The maximum Gasteiger partial charge on any atom is 0.335 e. The number of nitrogens with one attached hydrogen (secondary N) is 3. The van der Waals surface area contributed by atoms with Gasteiger partial charge in [0.2, 0.25) is 20.0 Å². The van der Waals surface area contributed by atoms with E-state index in [0.717, 1.165) is 95.8 Å². The molecule has 0 saturated carbocycles. The molecule has 6 aromatic rings. The number of ether oxygens (including phenoxy) is 9. The minimum Gasteiger partial charge on any atom is -0.479 e. The minimum absolute atomic E-state index is 0.00844. The Bertz CT molecular complexity index is 4680. The lowest BCUT2D eigenvalue weighted by Gasteiger charge is -2.33. The second kappa shape index (κ2) is 56.1. The Labute approximate surface area is 761 Å². The van der Waals surface area contributed by atoms with Crippen molar-refractivity contribution in [2.75, 3.05) is 192 Å². The molecule has 0 aliphatic carbocycles. The van der Waals surface area contributed by atoms with Crippen molar-refractivity contribution in [2.24, 2.45) is 5.73 Å². The molecule has 696 valence electrons. The average molecular weight is 1930 g/mol. The van der Waals surface area contributed by atoms with Gasteiger partial charge < -0.3 is 99.0 Å². The Hall–Kier alpha value is -5.77. The molecular formula is C84H115Cl6N7O25S3. The molecule has 3 heterocycles. The number of benzene rings is 6. The number of carbonyl (C=O) groups excluding carboxylic acids is 2. The van der Waals surface area contributed by atoms with Gasteiger partial charge in [-0.05, 0) is 157 Å². The summed E-state index contributed by atoms with van der Waals surface area (Å²) in [4.78, 5) is 50.4. The zero-order valence-corrected chi connectivity index (χ0v) is 77.4. The van der Waals surface area contributed by atoms with E-state index >= 15 is 0 Å². The number of carbonyl (C=O) groups is 4. The molecule has 3 aliphatic heterocycles. The molecule has 0 spiro atoms. The Morgan fingerprint density at radius 1 is 0.432 bits per heavy atom. The number of likely N-dealkylation sites (N-methyl/N-ethyl adjacent to an activating group) is 3. The topological polar surface area (TPSA) is 447 Å². The maximum absolute atomic E-state index is 12.8. The van der Waals surface area contributed by atoms with E-state index in [1.807, 2.05) is 82.7 Å². The number of fused-ring (bicyclic) bond motifs is 3. The van der Waals surface area contributed by atoms with Crippen molar-refractivity contribution >= 4 is 123 Å². The molecule has 0 fully saturated rings. The van der Waals surface area contributed by atoms with Crippen LogP contribution in [0.3, 0.4) is 0 Å². The van der Waals surface area contributed by atoms with Gasteiger partial charge in [0.15, 0.2) is 33.9 Å². The number of halogens is 6. The molecule has 32 nitrogen and oxygen atoms in total. The van der Waals surface area contributed by atoms with Crippen molar-refractivity contribution in [2.45, 2.75) is 109 Å². The lowest BCUT2D eigenvalue weighted by Crippen LogP contribution is -2.46. The fourth-order valence-electron chi connectivity index (χ4n) is 13.3. The minimum atomic E-state index is -3.72. The summed E-state index contributed by atoms with van der Waals surface area (Å²) in [6.07, 6.45) is -6.22. The van der Waals surface area contributed by atoms with Gasteiger partial charge in [-0.1, -0.05) is 119 Å². The number of hydrogen-bond acceptors (Lipinski definition) is 27. The van der Waals surface area contributed by atoms with Gasteiger partial charge in [-0.2, -0.15) is 0 Å². The van der Waals surface area contributed by atoms with Crippen LogP contribution >= 0.6 is 69.6 Å². The van der Waals surface area contributed by atoms with E-state index in [1.54, 1.807) is 61.7 Å². The number of aliphatic hydroxyl groups is 4. The van der Waals surface area contributed by atoms with E-state index in [4.69, 9.17) is 138 Å². The summed E-state index contributed by atoms with van der Waals surface area (Å²) < 4.78 is 129. The van der Waals surface area contributed by atoms with Crippen LogP contribution in [0.4, 0.5) is 0 Å². The summed E-state index contributed by atoms with van der Waals surface area (Å²) in [5, 5.41) is 58.3. The summed E-state index contributed by atoms with van der Waals surface area (Å²) in [6, 6.07) is 32.1. The zero-order chi connectivity index (χ0) is 91.8. The Balaban J connectivity index is 0.000000278. The van der Waals surface area contributed by atoms with Gasteiger partial charge in [-0.3, -0.25) is 9.59 Å². The number of carboxylic acid groups (broad SMARTS) is 2. The third-order valence-corrected chi connectivity index (χ3v) is 26.1. The van der Waals surface area contributed by atoms with Gasteiger partial charge in [-0.15, -0.1) is 0 Å². The molecule has 0 unspecified atom stereocenters. The van der Waals surface area contributed by atoms with Crippen LogP contribution in [-0.2, 0) is 111 Å². The first-order chi connectivity index (χ1) is 59.5. The summed E-state index contributed by atoms with van der Waals surface area (Å²) >= 11 is 38.2. The van der Waals surface area contributed by atoms with Crippen molar-refractivity contribution in [3.63, 3.8) is 0 Å². The molecule has 0 bridgehead atoms. The van der Waals surface area contributed by atoms with E-state index in [2.05, 4.69) is 29.5 Å². The highest BCUT2D eigenvalue weighted by Gasteiger charge is 2.34. The van der Waals surface area contributed by atoms with Crippen molar-refractivity contribution in [1.82, 2.24) is 29.5 Å². The predicted octanol–water partition coefficient (Wildman–Crippen LogP) is 7.65. The van der Waals surface area contributed by atoms with Crippen LogP contribution in [0.25, 0.3) is 0 Å². The number of ketones is 1. The van der Waals surface area contributed by atoms with Crippen molar-refractivity contribution in [3.8, 4) is 0 Å². The molecule has 1 amide bonds. The second-order valence-electron chi connectivity index (χ2n) is 29.3. The van der Waals surface area contributed by atoms with E-state index in [1.165, 1.54) is 0 Å². The SMILES string of the molecule is CCCCC(=O)[C@H](O)[C@@H](O)C(=O)NCCOCCOCCOCCNS(=O)(=O)c1ccc([C@@H]2CN(C)Cc3c(Cl)cc(Cl)cc32)cc1.CN1Cc2c(Cl)cc(Cl)cc2[C@H](c2ccc(S(=O)(=O)NCCOCCOCCOCCN)cc2)C1.COCCOCCOCCCS(=O)(=O)c1ccc([C@@H]2CN(C)Cc3c(Cl)cc(Cl)cc32)cc1.O=C(O)[C@H](O)[C@@H](O)C(=O)O. The molecule has 9 rings (SSSR count). The van der Waals surface area contributed by atoms with Crippen molar-refractivity contribution in [3.05, 3.63) is 189 Å². The number of sulfonamides is 2. The molecule has 125 heavy (non-hydrogen) atoms. The number of sulfone groups is 1. The third kappa shape index (κ3) is 36.5. The normalized spacial score (nSPS) is 16.4. The van der Waals surface area contributed by atoms with Crippen LogP contribution in [0.2, 0.25) is 30.1 Å². The number of hydrogen-bond donors (Lipinski definition) is 10. The number of unbranched alkanes of at least 4 members (excludes halogenated alkanes) is 1.